The number of carbonyl (C=O) groups is 2. The van der Waals surface area contributed by atoms with Crippen LogP contribution in [0.3, 0.4) is 0 Å². The molecule has 224 valence electrons. The van der Waals surface area contributed by atoms with Crippen molar-refractivity contribution in [2.24, 2.45) is 16.5 Å². The van der Waals surface area contributed by atoms with Gasteiger partial charge in [-0.05, 0) is 43.2 Å². The first-order valence-electron chi connectivity index (χ1n) is 14.1. The van der Waals surface area contributed by atoms with Crippen molar-refractivity contribution in [1.29, 1.82) is 0 Å². The van der Waals surface area contributed by atoms with E-state index in [9.17, 15) is 14.4 Å². The summed E-state index contributed by atoms with van der Waals surface area (Å²) in [5.74, 6) is -0.649. The molecule has 0 saturated heterocycles. The molecule has 0 radical (unpaired) electrons. The second-order valence-electron chi connectivity index (χ2n) is 9.91. The van der Waals surface area contributed by atoms with Crippen LogP contribution >= 0.6 is 11.3 Å². The Balaban J connectivity index is 1.51. The van der Waals surface area contributed by atoms with Gasteiger partial charge in [0, 0.05) is 36.6 Å². The lowest BCUT2D eigenvalue weighted by Gasteiger charge is -2.19. The Bertz CT molecular complexity index is 1550. The summed E-state index contributed by atoms with van der Waals surface area (Å²) in [5, 5.41) is 7.94. The maximum Gasteiger partial charge on any atom is 0.293 e. The van der Waals surface area contributed by atoms with Crippen LogP contribution in [0.5, 0.6) is 0 Å². The van der Waals surface area contributed by atoms with Gasteiger partial charge in [-0.1, -0.05) is 60.7 Å². The quantitative estimate of drug-likeness (QED) is 0.0658. The molecule has 0 aliphatic heterocycles. The maximum absolute atomic E-state index is 13.6. The molecule has 4 aromatic rings. The zero-order chi connectivity index (χ0) is 30.4. The van der Waals surface area contributed by atoms with E-state index in [2.05, 4.69) is 25.6 Å². The summed E-state index contributed by atoms with van der Waals surface area (Å²) in [5.41, 5.74) is 13.3. The number of benzene rings is 2. The van der Waals surface area contributed by atoms with Crippen LogP contribution in [0.1, 0.15) is 39.5 Å². The monoisotopic (exact) mass is 600 g/mol. The summed E-state index contributed by atoms with van der Waals surface area (Å²) in [6.07, 6.45) is 5.82. The van der Waals surface area contributed by atoms with Crippen molar-refractivity contribution in [2.75, 3.05) is 18.4 Å². The molecule has 0 fully saturated rings. The first kappa shape index (κ1) is 31.1. The molecule has 4 rings (SSSR count). The molecular formula is C31H36N8O3S. The molecule has 43 heavy (non-hydrogen) atoms. The Labute approximate surface area is 254 Å². The fourth-order valence-electron chi connectivity index (χ4n) is 4.55. The van der Waals surface area contributed by atoms with Gasteiger partial charge >= 0.3 is 0 Å². The van der Waals surface area contributed by atoms with Gasteiger partial charge in [-0.3, -0.25) is 23.9 Å². The third-order valence-corrected chi connectivity index (χ3v) is 7.53. The van der Waals surface area contributed by atoms with Gasteiger partial charge in [0.25, 0.3) is 5.56 Å². The molecular weight excluding hydrogens is 564 g/mol. The molecule has 12 heteroatoms. The Morgan fingerprint density at radius 2 is 1.65 bits per heavy atom. The van der Waals surface area contributed by atoms with Crippen LogP contribution in [0.2, 0.25) is 0 Å². The number of thiazole rings is 1. The van der Waals surface area contributed by atoms with Crippen molar-refractivity contribution in [3.05, 3.63) is 111 Å². The number of rotatable bonds is 16. The fraction of sp³-hybridized carbons (Fsp3) is 0.290. The lowest BCUT2D eigenvalue weighted by Crippen LogP contribution is -2.44. The van der Waals surface area contributed by atoms with Gasteiger partial charge in [-0.2, -0.15) is 0 Å². The number of aryl methyl sites for hydroxylation is 2. The number of aromatic nitrogens is 3. The molecule has 2 aromatic heterocycles. The van der Waals surface area contributed by atoms with Gasteiger partial charge in [0.2, 0.25) is 11.7 Å². The standard InChI is InChI=1S/C31H36N8O3S/c32-31(33)36-16-7-12-25(27(41)29-35-18-19-43-29)38-26(40)21-39-24(14-13-22-8-3-1-4-9-22)20-37-28(30(39)42)34-17-15-23-10-5-2-6-11-23/h1-6,8-11,18-20,25H,7,12-17,21H2,(H,34,37)(H,38,40)(H4,32,33,36)/t25-/m0/s1. The minimum Gasteiger partial charge on any atom is -0.370 e. The van der Waals surface area contributed by atoms with Crippen molar-refractivity contribution in [3.63, 3.8) is 0 Å². The van der Waals surface area contributed by atoms with E-state index in [1.54, 1.807) is 11.6 Å². The van der Waals surface area contributed by atoms with Crippen molar-refractivity contribution in [1.82, 2.24) is 19.9 Å². The highest BCUT2D eigenvalue weighted by Crippen LogP contribution is 2.12. The largest absolute Gasteiger partial charge is 0.370 e. The number of nitrogens with zero attached hydrogens (tertiary/aromatic N) is 4. The Kier molecular flexibility index (Phi) is 11.6. The predicted octanol–water partition coefficient (Wildman–Crippen LogP) is 2.56. The summed E-state index contributed by atoms with van der Waals surface area (Å²) in [6.45, 7) is 0.543. The average Bonchev–Trinajstić information content (AvgIpc) is 3.56. The molecule has 0 aliphatic carbocycles. The topological polar surface area (TPSA) is 170 Å². The van der Waals surface area contributed by atoms with E-state index in [0.717, 1.165) is 11.1 Å². The summed E-state index contributed by atoms with van der Waals surface area (Å²) >= 11 is 1.20. The number of Topliss-reactive ketones (excluding diaryl/α,β-unsaturated/α-hetero) is 1. The van der Waals surface area contributed by atoms with Crippen LogP contribution in [0.25, 0.3) is 0 Å². The van der Waals surface area contributed by atoms with E-state index in [0.29, 0.717) is 55.9 Å². The third kappa shape index (κ3) is 9.60. The smallest absolute Gasteiger partial charge is 0.293 e. The highest BCUT2D eigenvalue weighted by atomic mass is 32.1. The van der Waals surface area contributed by atoms with Gasteiger partial charge in [-0.25, -0.2) is 9.97 Å². The predicted molar refractivity (Wildman–Crippen MR) is 169 cm³/mol. The number of aliphatic imine (C=N–C) groups is 1. The number of hydrogen-bond donors (Lipinski definition) is 4. The van der Waals surface area contributed by atoms with Crippen molar-refractivity contribution in [2.45, 2.75) is 44.7 Å². The van der Waals surface area contributed by atoms with E-state index >= 15 is 0 Å². The summed E-state index contributed by atoms with van der Waals surface area (Å²) < 4.78 is 1.43. The lowest BCUT2D eigenvalue weighted by molar-refractivity contribution is -0.122. The normalized spacial score (nSPS) is 11.4. The van der Waals surface area contributed by atoms with Crippen LogP contribution in [0, 0.1) is 0 Å². The number of guanidine groups is 1. The summed E-state index contributed by atoms with van der Waals surface area (Å²) in [7, 11) is 0. The van der Waals surface area contributed by atoms with E-state index in [1.807, 2.05) is 60.7 Å². The number of nitrogens with one attached hydrogen (secondary N) is 2. The van der Waals surface area contributed by atoms with Crippen LogP contribution in [0.15, 0.2) is 88.2 Å². The van der Waals surface area contributed by atoms with Crippen molar-refractivity contribution in [3.8, 4) is 0 Å². The first-order chi connectivity index (χ1) is 20.9. The van der Waals surface area contributed by atoms with E-state index in [4.69, 9.17) is 11.5 Å². The Hall–Kier alpha value is -4.84. The van der Waals surface area contributed by atoms with E-state index in [-0.39, 0.29) is 24.1 Å². The summed E-state index contributed by atoms with van der Waals surface area (Å²) in [6, 6.07) is 19.0. The van der Waals surface area contributed by atoms with Gasteiger partial charge < -0.3 is 22.1 Å². The number of ketones is 1. The number of anilines is 1. The van der Waals surface area contributed by atoms with Gasteiger partial charge in [0.1, 0.15) is 6.54 Å². The number of nitrogens with two attached hydrogens (primary N) is 2. The molecule has 0 bridgehead atoms. The number of amides is 1. The van der Waals surface area contributed by atoms with Crippen LogP contribution in [-0.4, -0.2) is 51.3 Å². The Morgan fingerprint density at radius 1 is 0.953 bits per heavy atom. The van der Waals surface area contributed by atoms with Crippen LogP contribution in [0.4, 0.5) is 5.82 Å². The minimum absolute atomic E-state index is 0.0416. The molecule has 1 amide bonds. The van der Waals surface area contributed by atoms with Gasteiger partial charge in [-0.15, -0.1) is 11.3 Å². The van der Waals surface area contributed by atoms with Gasteiger partial charge in [0.05, 0.1) is 6.04 Å². The molecule has 11 nitrogen and oxygen atoms in total. The minimum atomic E-state index is -0.846. The van der Waals surface area contributed by atoms with Crippen LogP contribution < -0.4 is 27.7 Å². The third-order valence-electron chi connectivity index (χ3n) is 6.74. The zero-order valence-electron chi connectivity index (χ0n) is 23.8. The molecule has 1 atom stereocenters. The van der Waals surface area contributed by atoms with Crippen LogP contribution in [-0.2, 0) is 30.6 Å². The molecule has 0 unspecified atom stereocenters. The molecule has 6 N–H and O–H groups in total. The summed E-state index contributed by atoms with van der Waals surface area (Å²) in [4.78, 5) is 52.6. The molecule has 2 heterocycles. The van der Waals surface area contributed by atoms with E-state index in [1.165, 1.54) is 22.1 Å². The lowest BCUT2D eigenvalue weighted by atomic mass is 10.1. The number of carbonyl (C=O) groups excluding carboxylic acids is 2. The number of hydrogen-bond acceptors (Lipinski definition) is 8. The van der Waals surface area contributed by atoms with Crippen molar-refractivity contribution < 1.29 is 9.59 Å². The highest BCUT2D eigenvalue weighted by molar-refractivity contribution is 7.11. The highest BCUT2D eigenvalue weighted by Gasteiger charge is 2.24. The molecule has 2 aromatic carbocycles. The average molecular weight is 601 g/mol. The second kappa shape index (κ2) is 16.0. The maximum atomic E-state index is 13.6. The first-order valence-corrected chi connectivity index (χ1v) is 15.0. The molecule has 0 saturated carbocycles. The Morgan fingerprint density at radius 3 is 2.30 bits per heavy atom. The fourth-order valence-corrected chi connectivity index (χ4v) is 5.18. The van der Waals surface area contributed by atoms with Crippen molar-refractivity contribution >= 4 is 34.8 Å². The van der Waals surface area contributed by atoms with Gasteiger partial charge in [0.15, 0.2) is 16.8 Å². The molecule has 0 aliphatic rings. The SMILES string of the molecule is NC(N)=NCCC[C@H](NC(=O)Cn1c(CCc2ccccc2)cnc(NCCc2ccccc2)c1=O)C(=O)c1nccs1. The zero-order valence-corrected chi connectivity index (χ0v) is 24.6. The molecule has 0 spiro atoms. The second-order valence-corrected chi connectivity index (χ2v) is 10.8. The van der Waals surface area contributed by atoms with E-state index < -0.39 is 17.5 Å².